The van der Waals surface area contributed by atoms with Crippen molar-refractivity contribution in [2.45, 2.75) is 13.5 Å². The van der Waals surface area contributed by atoms with E-state index in [1.54, 1.807) is 17.1 Å². The molecule has 2 amide bonds. The van der Waals surface area contributed by atoms with Crippen LogP contribution in [-0.2, 0) is 6.54 Å². The van der Waals surface area contributed by atoms with Crippen molar-refractivity contribution in [2.24, 2.45) is 0 Å². The highest BCUT2D eigenvalue weighted by molar-refractivity contribution is 5.74. The van der Waals surface area contributed by atoms with Gasteiger partial charge in [0.1, 0.15) is 5.75 Å². The summed E-state index contributed by atoms with van der Waals surface area (Å²) in [6.07, 6.45) is 5.28. The predicted octanol–water partition coefficient (Wildman–Crippen LogP) is 2.70. The molecule has 1 aliphatic heterocycles. The first-order valence-corrected chi connectivity index (χ1v) is 10.2. The number of carbonyl (C=O) groups is 1. The number of rotatable bonds is 6. The molecule has 3 aromatic rings. The van der Waals surface area contributed by atoms with Gasteiger partial charge in [0.2, 0.25) is 0 Å². The number of hydrogen-bond acceptors (Lipinski definition) is 5. The van der Waals surface area contributed by atoms with Gasteiger partial charge in [0.25, 0.3) is 0 Å². The summed E-state index contributed by atoms with van der Waals surface area (Å²) in [7, 11) is 0. The minimum atomic E-state index is -0.0507. The van der Waals surface area contributed by atoms with Crippen molar-refractivity contribution < 1.29 is 9.53 Å². The van der Waals surface area contributed by atoms with Crippen LogP contribution >= 0.6 is 0 Å². The summed E-state index contributed by atoms with van der Waals surface area (Å²) in [6, 6.07) is 13.7. The van der Waals surface area contributed by atoms with Crippen molar-refractivity contribution in [3.05, 3.63) is 66.6 Å². The van der Waals surface area contributed by atoms with Crippen molar-refractivity contribution in [3.63, 3.8) is 0 Å². The number of nitrogens with one attached hydrogen (secondary N) is 1. The molecule has 0 aliphatic carbocycles. The van der Waals surface area contributed by atoms with Crippen LogP contribution in [0.25, 0.3) is 5.82 Å². The molecule has 1 aromatic carbocycles. The number of anilines is 1. The summed E-state index contributed by atoms with van der Waals surface area (Å²) in [4.78, 5) is 21.1. The third-order valence-corrected chi connectivity index (χ3v) is 5.07. The van der Waals surface area contributed by atoms with E-state index in [4.69, 9.17) is 4.74 Å². The van der Waals surface area contributed by atoms with Crippen molar-refractivity contribution in [1.29, 1.82) is 0 Å². The van der Waals surface area contributed by atoms with Gasteiger partial charge in [0.15, 0.2) is 5.82 Å². The van der Waals surface area contributed by atoms with Crippen LogP contribution in [0, 0.1) is 0 Å². The lowest BCUT2D eigenvalue weighted by molar-refractivity contribution is 0.194. The van der Waals surface area contributed by atoms with Crippen LogP contribution in [0.1, 0.15) is 12.5 Å². The molecule has 0 unspecified atom stereocenters. The Morgan fingerprint density at radius 1 is 1.10 bits per heavy atom. The summed E-state index contributed by atoms with van der Waals surface area (Å²) in [6.45, 7) is 5.95. The number of ether oxygens (including phenoxy) is 1. The summed E-state index contributed by atoms with van der Waals surface area (Å²) < 4.78 is 7.44. The Morgan fingerprint density at radius 2 is 1.93 bits per heavy atom. The van der Waals surface area contributed by atoms with Crippen LogP contribution in [0.5, 0.6) is 5.75 Å². The molecule has 1 fully saturated rings. The van der Waals surface area contributed by atoms with Crippen LogP contribution in [-0.4, -0.2) is 58.5 Å². The van der Waals surface area contributed by atoms with Gasteiger partial charge in [-0.25, -0.2) is 14.5 Å². The lowest BCUT2D eigenvalue weighted by Crippen LogP contribution is -2.51. The van der Waals surface area contributed by atoms with E-state index in [0.717, 1.165) is 35.9 Å². The zero-order valence-electron chi connectivity index (χ0n) is 17.1. The monoisotopic (exact) mass is 406 g/mol. The second-order valence-electron chi connectivity index (χ2n) is 7.01. The van der Waals surface area contributed by atoms with Gasteiger partial charge in [-0.2, -0.15) is 5.10 Å². The Balaban J connectivity index is 1.31. The molecule has 2 aromatic heterocycles. The van der Waals surface area contributed by atoms with Crippen molar-refractivity contribution in [3.8, 4) is 11.6 Å². The molecule has 3 heterocycles. The molecule has 8 nitrogen and oxygen atoms in total. The van der Waals surface area contributed by atoms with Crippen LogP contribution in [0.2, 0.25) is 0 Å². The molecule has 0 spiro atoms. The maximum Gasteiger partial charge on any atom is 0.317 e. The largest absolute Gasteiger partial charge is 0.492 e. The lowest BCUT2D eigenvalue weighted by Gasteiger charge is -2.36. The normalized spacial score (nSPS) is 13.9. The number of amides is 2. The van der Waals surface area contributed by atoms with Gasteiger partial charge in [-0.15, -0.1) is 0 Å². The quantitative estimate of drug-likeness (QED) is 0.681. The van der Waals surface area contributed by atoms with E-state index < -0.39 is 0 Å². The van der Waals surface area contributed by atoms with Gasteiger partial charge in [0, 0.05) is 51.3 Å². The average Bonchev–Trinajstić information content (AvgIpc) is 3.34. The van der Waals surface area contributed by atoms with E-state index in [1.165, 1.54) is 0 Å². The topological polar surface area (TPSA) is 75.5 Å². The van der Waals surface area contributed by atoms with Gasteiger partial charge in [-0.3, -0.25) is 0 Å². The molecule has 0 bridgehead atoms. The fourth-order valence-electron chi connectivity index (χ4n) is 3.54. The number of hydrogen-bond donors (Lipinski definition) is 1. The highest BCUT2D eigenvalue weighted by atomic mass is 16.5. The number of piperazine rings is 1. The van der Waals surface area contributed by atoms with Crippen LogP contribution < -0.4 is 15.0 Å². The van der Waals surface area contributed by atoms with Crippen molar-refractivity contribution in [2.75, 3.05) is 37.7 Å². The maximum absolute atomic E-state index is 12.6. The molecule has 1 N–H and O–H groups in total. The highest BCUT2D eigenvalue weighted by Gasteiger charge is 2.22. The zero-order chi connectivity index (χ0) is 20.8. The van der Waals surface area contributed by atoms with Gasteiger partial charge in [0.05, 0.1) is 12.3 Å². The van der Waals surface area contributed by atoms with E-state index in [1.807, 2.05) is 54.4 Å². The molecule has 156 valence electrons. The van der Waals surface area contributed by atoms with Crippen LogP contribution in [0.15, 0.2) is 61.1 Å². The number of para-hydroxylation sites is 2. The van der Waals surface area contributed by atoms with Crippen molar-refractivity contribution in [1.82, 2.24) is 25.0 Å². The molecule has 30 heavy (non-hydrogen) atoms. The van der Waals surface area contributed by atoms with Crippen LogP contribution in [0.3, 0.4) is 0 Å². The Hall–Kier alpha value is -3.55. The summed E-state index contributed by atoms with van der Waals surface area (Å²) in [5.74, 6) is 1.62. The lowest BCUT2D eigenvalue weighted by atomic mass is 10.2. The average molecular weight is 406 g/mol. The third-order valence-electron chi connectivity index (χ3n) is 5.07. The maximum atomic E-state index is 12.6. The summed E-state index contributed by atoms with van der Waals surface area (Å²) in [5, 5.41) is 7.20. The number of aromatic nitrogens is 3. The number of nitrogens with zero attached hydrogens (tertiary/aromatic N) is 5. The first-order chi connectivity index (χ1) is 14.7. The summed E-state index contributed by atoms with van der Waals surface area (Å²) >= 11 is 0. The van der Waals surface area contributed by atoms with Gasteiger partial charge in [-0.05, 0) is 42.8 Å². The molecule has 8 heteroatoms. The molecule has 0 saturated carbocycles. The second kappa shape index (κ2) is 9.30. The number of benzene rings is 1. The van der Waals surface area contributed by atoms with E-state index in [2.05, 4.69) is 26.4 Å². The summed E-state index contributed by atoms with van der Waals surface area (Å²) in [5.41, 5.74) is 2.07. The van der Waals surface area contributed by atoms with Gasteiger partial charge >= 0.3 is 6.03 Å². The first kappa shape index (κ1) is 19.8. The van der Waals surface area contributed by atoms with Gasteiger partial charge in [-0.1, -0.05) is 12.1 Å². The predicted molar refractivity (Wildman–Crippen MR) is 115 cm³/mol. The van der Waals surface area contributed by atoms with E-state index in [9.17, 15) is 4.79 Å². The molecule has 4 rings (SSSR count). The third kappa shape index (κ3) is 4.53. The Morgan fingerprint density at radius 3 is 2.70 bits per heavy atom. The zero-order valence-corrected chi connectivity index (χ0v) is 17.1. The number of urea groups is 1. The molecule has 1 saturated heterocycles. The number of pyridine rings is 1. The Labute approximate surface area is 176 Å². The molecular formula is C22H26N6O2. The fourth-order valence-corrected chi connectivity index (χ4v) is 3.54. The first-order valence-electron chi connectivity index (χ1n) is 10.2. The van der Waals surface area contributed by atoms with Crippen LogP contribution in [0.4, 0.5) is 10.5 Å². The molecule has 0 atom stereocenters. The minimum Gasteiger partial charge on any atom is -0.492 e. The highest BCUT2D eigenvalue weighted by Crippen LogP contribution is 2.28. The van der Waals surface area contributed by atoms with E-state index in [-0.39, 0.29) is 6.03 Å². The van der Waals surface area contributed by atoms with E-state index >= 15 is 0 Å². The standard InChI is InChI=1S/C22H26N6O2/c1-2-30-20-7-4-3-6-19(20)26-12-14-27(15-13-26)22(29)24-17-18-8-10-23-21(16-18)28-11-5-9-25-28/h3-11,16H,2,12-15,17H2,1H3,(H,24,29). The minimum absolute atomic E-state index is 0.0507. The van der Waals surface area contributed by atoms with E-state index in [0.29, 0.717) is 26.2 Å². The smallest absolute Gasteiger partial charge is 0.317 e. The Bertz CT molecular complexity index is 967. The number of carbonyl (C=O) groups excluding carboxylic acids is 1. The second-order valence-corrected chi connectivity index (χ2v) is 7.01. The van der Waals surface area contributed by atoms with Crippen molar-refractivity contribution >= 4 is 11.7 Å². The Kier molecular flexibility index (Phi) is 6.12. The van der Waals surface area contributed by atoms with Gasteiger partial charge < -0.3 is 19.9 Å². The molecular weight excluding hydrogens is 380 g/mol. The fraction of sp³-hybridized carbons (Fsp3) is 0.318. The molecule has 0 radical (unpaired) electrons. The SMILES string of the molecule is CCOc1ccccc1N1CCN(C(=O)NCc2ccnc(-n3cccn3)c2)CC1. The molecule has 1 aliphatic rings.